The minimum atomic E-state index is 0. The molecule has 0 aliphatic heterocycles. The predicted octanol–water partition coefficient (Wildman–Crippen LogP) is -1.38. The van der Waals surface area contributed by atoms with Crippen molar-refractivity contribution >= 4 is 47.1 Å². The van der Waals surface area contributed by atoms with Crippen molar-refractivity contribution in [1.29, 1.82) is 0 Å². The molecule has 0 bridgehead atoms. The molecule has 9 heteroatoms. The van der Waals surface area contributed by atoms with Crippen LogP contribution >= 0.6 is 24.4 Å². The minimum Gasteiger partial charge on any atom is -0.375 e. The zero-order valence-corrected chi connectivity index (χ0v) is 10.2. The standard InChI is InChI=1S/C4H8N6S2.Pt/c5-3(11)9-7-1-2-8-10-4(6)12;/h1-2H,(H3,5,9,11)(H3,6,10,12);. The molecule has 76 valence electrons. The minimum absolute atomic E-state index is 0. The smallest absolute Gasteiger partial charge is 0.184 e. The second-order valence-corrected chi connectivity index (χ2v) is 2.39. The first-order valence-electron chi connectivity index (χ1n) is 2.78. The van der Waals surface area contributed by atoms with Gasteiger partial charge in [-0.2, -0.15) is 10.2 Å². The second kappa shape index (κ2) is 9.50. The van der Waals surface area contributed by atoms with E-state index in [0.717, 1.165) is 0 Å². The summed E-state index contributed by atoms with van der Waals surface area (Å²) in [6.07, 6.45) is 2.68. The number of hydrogen-bond acceptors (Lipinski definition) is 4. The van der Waals surface area contributed by atoms with Crippen molar-refractivity contribution in [2.75, 3.05) is 0 Å². The van der Waals surface area contributed by atoms with E-state index in [1.54, 1.807) is 0 Å². The van der Waals surface area contributed by atoms with Gasteiger partial charge in [0, 0.05) is 21.1 Å². The molecule has 0 rings (SSSR count). The van der Waals surface area contributed by atoms with Crippen LogP contribution in [0.25, 0.3) is 0 Å². The van der Waals surface area contributed by atoms with Gasteiger partial charge in [0.1, 0.15) is 0 Å². The summed E-state index contributed by atoms with van der Waals surface area (Å²) in [5, 5.41) is 7.28. The van der Waals surface area contributed by atoms with Crippen LogP contribution in [0.1, 0.15) is 0 Å². The Morgan fingerprint density at radius 1 is 1.00 bits per heavy atom. The monoisotopic (exact) mass is 399 g/mol. The number of thiocarbonyl (C=S) groups is 2. The van der Waals surface area contributed by atoms with Crippen LogP contribution in [0, 0.1) is 0 Å². The van der Waals surface area contributed by atoms with Crippen LogP contribution in [-0.4, -0.2) is 22.7 Å². The molecule has 0 aromatic carbocycles. The molecular weight excluding hydrogens is 391 g/mol. The fourth-order valence-corrected chi connectivity index (χ4v) is 0.374. The van der Waals surface area contributed by atoms with E-state index in [-0.39, 0.29) is 31.3 Å². The van der Waals surface area contributed by atoms with Crippen LogP contribution in [0.4, 0.5) is 0 Å². The Morgan fingerprint density at radius 2 is 1.31 bits per heavy atom. The van der Waals surface area contributed by atoms with Gasteiger partial charge in [0.2, 0.25) is 0 Å². The molecule has 0 amide bonds. The molecule has 0 saturated heterocycles. The van der Waals surface area contributed by atoms with Crippen LogP contribution in [0.15, 0.2) is 10.2 Å². The maximum Gasteiger partial charge on any atom is 0.184 e. The van der Waals surface area contributed by atoms with Gasteiger partial charge in [-0.3, -0.25) is 10.9 Å². The van der Waals surface area contributed by atoms with Crippen LogP contribution in [0.3, 0.4) is 0 Å². The zero-order chi connectivity index (χ0) is 9.40. The molecule has 0 fully saturated rings. The van der Waals surface area contributed by atoms with Crippen molar-refractivity contribution in [1.82, 2.24) is 10.9 Å². The van der Waals surface area contributed by atoms with Gasteiger partial charge in [0.25, 0.3) is 0 Å². The molecule has 0 unspecified atom stereocenters. The molecule has 0 aliphatic rings. The Hall–Kier alpha value is -0.592. The first-order valence-corrected chi connectivity index (χ1v) is 3.60. The van der Waals surface area contributed by atoms with Crippen LogP contribution in [-0.2, 0) is 21.1 Å². The van der Waals surface area contributed by atoms with Crippen molar-refractivity contribution in [2.24, 2.45) is 21.7 Å². The fourth-order valence-electron chi connectivity index (χ4n) is 0.268. The summed E-state index contributed by atoms with van der Waals surface area (Å²) in [5.41, 5.74) is 14.8. The van der Waals surface area contributed by atoms with E-state index in [4.69, 9.17) is 11.5 Å². The van der Waals surface area contributed by atoms with Crippen LogP contribution in [0.5, 0.6) is 0 Å². The van der Waals surface area contributed by atoms with Gasteiger partial charge in [-0.25, -0.2) is 0 Å². The average molecular weight is 399 g/mol. The quantitative estimate of drug-likeness (QED) is 0.265. The van der Waals surface area contributed by atoms with E-state index in [1.807, 2.05) is 0 Å². The van der Waals surface area contributed by atoms with E-state index in [2.05, 4.69) is 45.5 Å². The van der Waals surface area contributed by atoms with Crippen molar-refractivity contribution < 1.29 is 21.1 Å². The Bertz CT molecular complexity index is 203. The molecule has 6 nitrogen and oxygen atoms in total. The van der Waals surface area contributed by atoms with Gasteiger partial charge >= 0.3 is 0 Å². The Kier molecular flexibility index (Phi) is 10.9. The topological polar surface area (TPSA) is 101 Å². The van der Waals surface area contributed by atoms with Crippen molar-refractivity contribution in [3.63, 3.8) is 0 Å². The van der Waals surface area contributed by atoms with Gasteiger partial charge in [0.15, 0.2) is 10.2 Å². The maximum absolute atomic E-state index is 5.06. The van der Waals surface area contributed by atoms with E-state index in [1.165, 1.54) is 12.4 Å². The molecule has 0 atom stereocenters. The van der Waals surface area contributed by atoms with Crippen molar-refractivity contribution in [3.8, 4) is 0 Å². The molecular formula is C4H8N6PtS2. The third-order valence-electron chi connectivity index (χ3n) is 0.565. The molecule has 6 N–H and O–H groups in total. The third-order valence-corrected chi connectivity index (χ3v) is 0.748. The summed E-state index contributed by atoms with van der Waals surface area (Å²) in [4.78, 5) is 0. The maximum atomic E-state index is 5.06. The zero-order valence-electron chi connectivity index (χ0n) is 6.34. The van der Waals surface area contributed by atoms with E-state index >= 15 is 0 Å². The first kappa shape index (κ1) is 14.9. The van der Waals surface area contributed by atoms with Crippen molar-refractivity contribution in [3.05, 3.63) is 0 Å². The third kappa shape index (κ3) is 14.3. The van der Waals surface area contributed by atoms with E-state index in [0.29, 0.717) is 0 Å². The molecule has 0 radical (unpaired) electrons. The number of nitrogens with two attached hydrogens (primary N) is 2. The Morgan fingerprint density at radius 3 is 1.54 bits per heavy atom. The Labute approximate surface area is 100 Å². The van der Waals surface area contributed by atoms with Gasteiger partial charge in [-0.05, 0) is 24.4 Å². The summed E-state index contributed by atoms with van der Waals surface area (Å²) in [7, 11) is 0. The number of hydrogen-bond donors (Lipinski definition) is 4. The van der Waals surface area contributed by atoms with Gasteiger partial charge in [-0.15, -0.1) is 0 Å². The molecule has 0 spiro atoms. The molecule has 0 aromatic heterocycles. The Balaban J connectivity index is 0. The molecule has 13 heavy (non-hydrogen) atoms. The first-order chi connectivity index (χ1) is 5.63. The fraction of sp³-hybridized carbons (Fsp3) is 0. The molecule has 0 saturated carbocycles. The SMILES string of the molecule is NC(=S)NN=CC=NNC(N)=S.[Pt]. The van der Waals surface area contributed by atoms with Crippen LogP contribution in [0.2, 0.25) is 0 Å². The van der Waals surface area contributed by atoms with Gasteiger partial charge in [-0.1, -0.05) is 0 Å². The van der Waals surface area contributed by atoms with E-state index < -0.39 is 0 Å². The summed E-state index contributed by atoms with van der Waals surface area (Å²) >= 11 is 8.93. The van der Waals surface area contributed by atoms with Crippen molar-refractivity contribution in [2.45, 2.75) is 0 Å². The van der Waals surface area contributed by atoms with Gasteiger partial charge in [0.05, 0.1) is 12.4 Å². The van der Waals surface area contributed by atoms with Crippen LogP contribution < -0.4 is 22.3 Å². The number of rotatable bonds is 3. The average Bonchev–Trinajstić information content (AvgIpc) is 1.95. The largest absolute Gasteiger partial charge is 0.375 e. The number of nitrogens with one attached hydrogen (secondary N) is 2. The summed E-state index contributed by atoms with van der Waals surface area (Å²) < 4.78 is 0. The normalized spacial score (nSPS) is 9.54. The molecule has 0 heterocycles. The number of hydrazone groups is 2. The summed E-state index contributed by atoms with van der Waals surface area (Å²) in [6, 6.07) is 0. The molecule has 0 aliphatic carbocycles. The summed E-state index contributed by atoms with van der Waals surface area (Å²) in [6.45, 7) is 0. The second-order valence-electron chi connectivity index (χ2n) is 1.51. The van der Waals surface area contributed by atoms with Gasteiger partial charge < -0.3 is 11.5 Å². The number of nitrogens with zero attached hydrogens (tertiary/aromatic N) is 2. The predicted molar refractivity (Wildman–Crippen MR) is 56.8 cm³/mol. The van der Waals surface area contributed by atoms with E-state index in [9.17, 15) is 0 Å². The summed E-state index contributed by atoms with van der Waals surface area (Å²) in [5.74, 6) is 0. The molecule has 0 aromatic rings.